The number of benzene rings is 1. The molecule has 0 spiro atoms. The molecule has 0 bridgehead atoms. The molecule has 0 saturated carbocycles. The third-order valence-corrected chi connectivity index (χ3v) is 6.85. The minimum absolute atomic E-state index is 0.0827. The summed E-state index contributed by atoms with van der Waals surface area (Å²) in [7, 11) is 0. The number of carbonyl (C=O) groups is 4. The van der Waals surface area contributed by atoms with Crippen molar-refractivity contribution in [1.82, 2.24) is 4.90 Å². The third kappa shape index (κ3) is 7.20. The molecule has 186 valence electrons. The van der Waals surface area contributed by atoms with Crippen molar-refractivity contribution >= 4 is 40.9 Å². The molecule has 0 aliphatic carbocycles. The van der Waals surface area contributed by atoms with Gasteiger partial charge in [0.25, 0.3) is 0 Å². The van der Waals surface area contributed by atoms with Crippen LogP contribution in [-0.2, 0) is 20.9 Å². The fourth-order valence-electron chi connectivity index (χ4n) is 4.01. The van der Waals surface area contributed by atoms with Gasteiger partial charge in [-0.05, 0) is 55.8 Å². The minimum atomic E-state index is -1.29. The van der Waals surface area contributed by atoms with Crippen molar-refractivity contribution in [2.75, 3.05) is 6.54 Å². The van der Waals surface area contributed by atoms with Crippen LogP contribution < -0.4 is 10.5 Å². The lowest BCUT2D eigenvalue weighted by molar-refractivity contribution is -0.150. The second kappa shape index (κ2) is 11.7. The van der Waals surface area contributed by atoms with Crippen LogP contribution in [0.2, 0.25) is 0 Å². The van der Waals surface area contributed by atoms with Gasteiger partial charge in [-0.15, -0.1) is 11.3 Å². The molecule has 1 aromatic heterocycles. The van der Waals surface area contributed by atoms with Gasteiger partial charge in [0.15, 0.2) is 5.78 Å². The lowest BCUT2D eigenvalue weighted by atomic mass is 9.90. The van der Waals surface area contributed by atoms with E-state index in [4.69, 9.17) is 21.0 Å². The summed E-state index contributed by atoms with van der Waals surface area (Å²) >= 11 is 1.25. The lowest BCUT2D eigenvalue weighted by Gasteiger charge is -2.34. The van der Waals surface area contributed by atoms with Crippen molar-refractivity contribution < 1.29 is 34.1 Å². The number of nitrogens with one attached hydrogen (secondary N) is 1. The summed E-state index contributed by atoms with van der Waals surface area (Å²) in [6.07, 6.45) is 1.37. The monoisotopic (exact) mass is 501 g/mol. The fraction of sp³-hybridized carbons (Fsp3) is 0.375. The predicted molar refractivity (Wildman–Crippen MR) is 128 cm³/mol. The van der Waals surface area contributed by atoms with Crippen LogP contribution in [0.15, 0.2) is 36.4 Å². The molecule has 3 rings (SSSR count). The van der Waals surface area contributed by atoms with Crippen LogP contribution >= 0.6 is 11.3 Å². The average Bonchev–Trinajstić information content (AvgIpc) is 3.27. The molecule has 10 nitrogen and oxygen atoms in total. The van der Waals surface area contributed by atoms with Crippen LogP contribution in [0.1, 0.15) is 52.2 Å². The number of nitrogens with zero attached hydrogens (tertiary/aromatic N) is 1. The predicted octanol–water partition coefficient (Wildman–Crippen LogP) is 2.74. The molecule has 1 aliphatic heterocycles. The Morgan fingerprint density at radius 1 is 1.09 bits per heavy atom. The summed E-state index contributed by atoms with van der Waals surface area (Å²) < 4.78 is 5.38. The number of amidine groups is 1. The van der Waals surface area contributed by atoms with Crippen molar-refractivity contribution in [3.05, 3.63) is 51.7 Å². The maximum atomic E-state index is 12.9. The molecule has 0 radical (unpaired) electrons. The van der Waals surface area contributed by atoms with Gasteiger partial charge in [-0.25, -0.2) is 4.79 Å². The number of hydrogen-bond donors (Lipinski definition) is 4. The smallest absolute Gasteiger partial charge is 0.353 e. The van der Waals surface area contributed by atoms with Gasteiger partial charge < -0.3 is 20.7 Å². The molecule has 1 saturated heterocycles. The average molecular weight is 502 g/mol. The first kappa shape index (κ1) is 26.0. The van der Waals surface area contributed by atoms with E-state index in [9.17, 15) is 24.3 Å². The molecule has 5 N–H and O–H groups in total. The highest BCUT2D eigenvalue weighted by molar-refractivity contribution is 7.13. The summed E-state index contributed by atoms with van der Waals surface area (Å²) in [5.41, 5.74) is 5.94. The molecule has 1 aliphatic rings. The first-order valence-corrected chi connectivity index (χ1v) is 11.9. The van der Waals surface area contributed by atoms with Gasteiger partial charge in [-0.3, -0.25) is 24.7 Å². The largest absolute Gasteiger partial charge is 0.481 e. The minimum Gasteiger partial charge on any atom is -0.481 e. The van der Waals surface area contributed by atoms with Crippen LogP contribution in [0, 0.1) is 11.3 Å². The number of esters is 1. The number of likely N-dealkylation sites (tertiary alicyclic amines) is 1. The van der Waals surface area contributed by atoms with Crippen LogP contribution in [0.3, 0.4) is 0 Å². The first-order chi connectivity index (χ1) is 16.6. The zero-order valence-corrected chi connectivity index (χ0v) is 19.8. The van der Waals surface area contributed by atoms with Crippen molar-refractivity contribution in [3.8, 4) is 5.75 Å². The van der Waals surface area contributed by atoms with Crippen LogP contribution in [0.4, 0.5) is 0 Å². The van der Waals surface area contributed by atoms with E-state index in [2.05, 4.69) is 0 Å². The lowest BCUT2D eigenvalue weighted by Crippen LogP contribution is -2.45. The van der Waals surface area contributed by atoms with E-state index in [-0.39, 0.29) is 18.0 Å². The van der Waals surface area contributed by atoms with E-state index in [1.165, 1.54) is 11.3 Å². The number of hydrogen-bond acceptors (Lipinski definition) is 8. The Hall–Kier alpha value is -3.57. The number of aliphatic carboxylic acids is 2. The van der Waals surface area contributed by atoms with Gasteiger partial charge in [0.1, 0.15) is 16.5 Å². The topological polar surface area (TPSA) is 171 Å². The maximum Gasteiger partial charge on any atom is 0.353 e. The van der Waals surface area contributed by atoms with Gasteiger partial charge in [0.2, 0.25) is 0 Å². The number of nitrogens with two attached hydrogens (primary N) is 1. The zero-order chi connectivity index (χ0) is 25.5. The van der Waals surface area contributed by atoms with Crippen LogP contribution in [-0.4, -0.2) is 57.2 Å². The number of rotatable bonds is 11. The summed E-state index contributed by atoms with van der Waals surface area (Å²) in [6.45, 7) is 1.06. The fourth-order valence-corrected chi connectivity index (χ4v) is 4.92. The van der Waals surface area contributed by atoms with Gasteiger partial charge in [-0.2, -0.15) is 0 Å². The summed E-state index contributed by atoms with van der Waals surface area (Å²) in [5.74, 6) is -4.36. The van der Waals surface area contributed by atoms with Gasteiger partial charge in [0, 0.05) is 23.4 Å². The molecule has 0 amide bonds. The van der Waals surface area contributed by atoms with E-state index in [0.717, 1.165) is 17.7 Å². The summed E-state index contributed by atoms with van der Waals surface area (Å²) in [4.78, 5) is 51.0. The molecule has 2 heterocycles. The highest BCUT2D eigenvalue weighted by Gasteiger charge is 2.33. The summed E-state index contributed by atoms with van der Waals surface area (Å²) in [5, 5.41) is 25.6. The highest BCUT2D eigenvalue weighted by Crippen LogP contribution is 2.27. The number of carbonyl (C=O) groups excluding carboxylic acids is 2. The number of carboxylic acid groups (broad SMARTS) is 2. The van der Waals surface area contributed by atoms with Crippen molar-refractivity contribution in [2.45, 2.75) is 44.7 Å². The Kier molecular flexibility index (Phi) is 8.72. The third-order valence-electron chi connectivity index (χ3n) is 5.80. The molecule has 11 heteroatoms. The Morgan fingerprint density at radius 3 is 2.43 bits per heavy atom. The number of piperidine rings is 1. The van der Waals surface area contributed by atoms with E-state index in [0.29, 0.717) is 35.7 Å². The SMILES string of the molecule is N=C(N)c1ccc(OC(=O)c2ccc(CN3CCCC[C@H]3C(=O)C[C@@H](CC(=O)O)C(=O)O)s2)cc1. The van der Waals surface area contributed by atoms with E-state index >= 15 is 0 Å². The Labute approximate surface area is 205 Å². The zero-order valence-electron chi connectivity index (χ0n) is 18.9. The Bertz CT molecular complexity index is 1110. The van der Waals surface area contributed by atoms with Gasteiger partial charge >= 0.3 is 17.9 Å². The molecule has 2 atom stereocenters. The molecule has 2 aromatic rings. The quantitative estimate of drug-likeness (QED) is 0.156. The normalized spacial score (nSPS) is 16.9. The second-order valence-corrected chi connectivity index (χ2v) is 9.55. The number of ketones is 1. The number of thiophene rings is 1. The summed E-state index contributed by atoms with van der Waals surface area (Å²) in [6, 6.07) is 9.25. The molecule has 35 heavy (non-hydrogen) atoms. The van der Waals surface area contributed by atoms with Crippen LogP contribution in [0.5, 0.6) is 5.75 Å². The van der Waals surface area contributed by atoms with E-state index in [1.54, 1.807) is 36.4 Å². The Morgan fingerprint density at radius 2 is 1.80 bits per heavy atom. The van der Waals surface area contributed by atoms with Crippen molar-refractivity contribution in [3.63, 3.8) is 0 Å². The van der Waals surface area contributed by atoms with Crippen molar-refractivity contribution in [1.29, 1.82) is 5.41 Å². The first-order valence-electron chi connectivity index (χ1n) is 11.1. The van der Waals surface area contributed by atoms with Gasteiger partial charge in [-0.1, -0.05) is 6.42 Å². The number of Topliss-reactive ketones (excluding diaryl/α,β-unsaturated/α-hetero) is 1. The number of nitrogen functional groups attached to an aromatic ring is 1. The standard InChI is InChI=1S/C24H27N3O7S/c25-22(26)14-4-6-16(7-5-14)34-24(33)20-9-8-17(35-20)13-27-10-2-1-3-18(27)19(28)11-15(23(31)32)12-21(29)30/h4-9,15,18H,1-3,10-13H2,(H3,25,26)(H,29,30)(H,31,32)/t15-,18-/m0/s1. The highest BCUT2D eigenvalue weighted by atomic mass is 32.1. The molecule has 0 unspecified atom stereocenters. The molecular formula is C24H27N3O7S. The Balaban J connectivity index is 1.63. The maximum absolute atomic E-state index is 12.9. The van der Waals surface area contributed by atoms with Gasteiger partial charge in [0.05, 0.1) is 18.4 Å². The van der Waals surface area contributed by atoms with E-state index < -0.39 is 36.3 Å². The molecule has 1 fully saturated rings. The second-order valence-electron chi connectivity index (χ2n) is 8.38. The number of carboxylic acids is 2. The van der Waals surface area contributed by atoms with E-state index in [1.807, 2.05) is 4.90 Å². The van der Waals surface area contributed by atoms with Crippen molar-refractivity contribution in [2.24, 2.45) is 11.7 Å². The van der Waals surface area contributed by atoms with Crippen LogP contribution in [0.25, 0.3) is 0 Å². The molecular weight excluding hydrogens is 474 g/mol. The molecule has 1 aromatic carbocycles. The number of ether oxygens (including phenoxy) is 1.